The van der Waals surface area contributed by atoms with Crippen molar-refractivity contribution in [1.29, 1.82) is 0 Å². The predicted octanol–water partition coefficient (Wildman–Crippen LogP) is 4.41. The van der Waals surface area contributed by atoms with Crippen molar-refractivity contribution in [2.75, 3.05) is 5.01 Å². The van der Waals surface area contributed by atoms with Crippen LogP contribution < -0.4 is 5.01 Å². The average molecular weight is 286 g/mol. The van der Waals surface area contributed by atoms with Gasteiger partial charge >= 0.3 is 0 Å². The van der Waals surface area contributed by atoms with E-state index in [4.69, 9.17) is 5.10 Å². The van der Waals surface area contributed by atoms with Gasteiger partial charge in [0.2, 0.25) is 0 Å². The molecule has 0 saturated heterocycles. The quantitative estimate of drug-likeness (QED) is 0.798. The van der Waals surface area contributed by atoms with Gasteiger partial charge < -0.3 is 0 Å². The molecular weight excluding hydrogens is 268 g/mol. The van der Waals surface area contributed by atoms with Crippen molar-refractivity contribution in [3.8, 4) is 0 Å². The maximum atomic E-state index is 4.98. The smallest absolute Gasteiger partial charge is 0.0772 e. The summed E-state index contributed by atoms with van der Waals surface area (Å²) in [4.78, 5) is 0. The van der Waals surface area contributed by atoms with E-state index in [0.29, 0.717) is 12.0 Å². The number of hydrogen-bond acceptors (Lipinski definition) is 2. The Bertz CT molecular complexity index is 729. The molecule has 1 aliphatic heterocycles. The zero-order chi connectivity index (χ0) is 14.8. The highest BCUT2D eigenvalue weighted by Crippen LogP contribution is 2.34. The summed E-state index contributed by atoms with van der Waals surface area (Å²) in [6.07, 6.45) is 9.82. The lowest BCUT2D eigenvalue weighted by Crippen LogP contribution is -2.31. The van der Waals surface area contributed by atoms with E-state index in [1.54, 1.807) is 0 Å². The number of hydrazone groups is 1. The van der Waals surface area contributed by atoms with Crippen molar-refractivity contribution in [3.05, 3.63) is 90.5 Å². The first kappa shape index (κ1) is 13.1. The first-order chi connectivity index (χ1) is 10.9. The van der Waals surface area contributed by atoms with E-state index >= 15 is 0 Å². The number of fused-ring (bicyclic) bond motifs is 1. The molecule has 2 aromatic rings. The number of rotatable bonds is 2. The van der Waals surface area contributed by atoms with Gasteiger partial charge in [0.25, 0.3) is 0 Å². The lowest BCUT2D eigenvalue weighted by Gasteiger charge is -2.25. The molecule has 2 atom stereocenters. The molecule has 1 heterocycles. The van der Waals surface area contributed by atoms with Gasteiger partial charge in [0, 0.05) is 5.92 Å². The van der Waals surface area contributed by atoms with Crippen LogP contribution in [0.4, 0.5) is 5.69 Å². The highest BCUT2D eigenvalue weighted by Gasteiger charge is 2.36. The summed E-state index contributed by atoms with van der Waals surface area (Å²) < 4.78 is 0. The minimum absolute atomic E-state index is 0.331. The third-order valence-corrected chi connectivity index (χ3v) is 4.29. The van der Waals surface area contributed by atoms with Crippen LogP contribution in [0.1, 0.15) is 12.0 Å². The molecule has 4 rings (SSSR count). The average Bonchev–Trinajstić information content (AvgIpc) is 2.78. The van der Waals surface area contributed by atoms with Crippen LogP contribution in [0.5, 0.6) is 0 Å². The Kier molecular flexibility index (Phi) is 3.36. The second-order valence-corrected chi connectivity index (χ2v) is 5.67. The van der Waals surface area contributed by atoms with Crippen molar-refractivity contribution in [2.24, 2.45) is 11.0 Å². The zero-order valence-electron chi connectivity index (χ0n) is 12.3. The van der Waals surface area contributed by atoms with Crippen molar-refractivity contribution < 1.29 is 0 Å². The van der Waals surface area contributed by atoms with Gasteiger partial charge in [-0.2, -0.15) is 5.10 Å². The second kappa shape index (κ2) is 5.64. The fourth-order valence-electron chi connectivity index (χ4n) is 3.23. The zero-order valence-corrected chi connectivity index (χ0v) is 12.3. The van der Waals surface area contributed by atoms with E-state index in [9.17, 15) is 0 Å². The van der Waals surface area contributed by atoms with Gasteiger partial charge in [-0.15, -0.1) is 0 Å². The van der Waals surface area contributed by atoms with Gasteiger partial charge in [0.05, 0.1) is 17.4 Å². The van der Waals surface area contributed by atoms with Crippen LogP contribution in [-0.2, 0) is 0 Å². The molecule has 0 aromatic heterocycles. The lowest BCUT2D eigenvalue weighted by molar-refractivity contribution is 0.602. The molecule has 0 N–H and O–H groups in total. The molecule has 2 aliphatic rings. The Morgan fingerprint density at radius 2 is 1.59 bits per heavy atom. The third-order valence-electron chi connectivity index (χ3n) is 4.29. The number of nitrogens with zero attached hydrogens (tertiary/aromatic N) is 2. The SMILES string of the molecule is C1=CC[C@@H]2[C@H](C=C1)C(c1ccccc1)=NN2c1ccccc1. The van der Waals surface area contributed by atoms with Crippen LogP contribution in [0, 0.1) is 5.92 Å². The lowest BCUT2D eigenvalue weighted by atomic mass is 9.90. The van der Waals surface area contributed by atoms with Crippen LogP contribution in [0.3, 0.4) is 0 Å². The van der Waals surface area contributed by atoms with Crippen molar-refractivity contribution in [2.45, 2.75) is 12.5 Å². The van der Waals surface area contributed by atoms with Gasteiger partial charge in [-0.25, -0.2) is 0 Å². The summed E-state index contributed by atoms with van der Waals surface area (Å²) in [7, 11) is 0. The number of benzene rings is 2. The molecule has 2 aromatic carbocycles. The van der Waals surface area contributed by atoms with Crippen molar-refractivity contribution >= 4 is 11.4 Å². The molecule has 2 heteroatoms. The first-order valence-electron chi connectivity index (χ1n) is 7.75. The molecule has 108 valence electrons. The highest BCUT2D eigenvalue weighted by molar-refractivity contribution is 6.06. The molecule has 0 fully saturated rings. The molecule has 0 radical (unpaired) electrons. The number of allylic oxidation sites excluding steroid dienone is 2. The van der Waals surface area contributed by atoms with Crippen LogP contribution in [0.25, 0.3) is 0 Å². The Morgan fingerprint density at radius 1 is 0.864 bits per heavy atom. The minimum Gasteiger partial charge on any atom is -0.261 e. The first-order valence-corrected chi connectivity index (χ1v) is 7.75. The Balaban J connectivity index is 1.80. The van der Waals surface area contributed by atoms with E-state index in [0.717, 1.165) is 17.8 Å². The van der Waals surface area contributed by atoms with E-state index in [1.165, 1.54) is 5.56 Å². The van der Waals surface area contributed by atoms with E-state index in [2.05, 4.69) is 83.9 Å². The molecule has 0 amide bonds. The van der Waals surface area contributed by atoms with Crippen molar-refractivity contribution in [1.82, 2.24) is 0 Å². The Hall–Kier alpha value is -2.61. The molecule has 22 heavy (non-hydrogen) atoms. The third kappa shape index (κ3) is 2.27. The summed E-state index contributed by atoms with van der Waals surface area (Å²) in [6, 6.07) is 21.3. The molecule has 1 aliphatic carbocycles. The van der Waals surface area contributed by atoms with Gasteiger partial charge in [-0.05, 0) is 24.1 Å². The Labute approximate surface area is 131 Å². The maximum Gasteiger partial charge on any atom is 0.0772 e. The largest absolute Gasteiger partial charge is 0.261 e. The van der Waals surface area contributed by atoms with Gasteiger partial charge in [-0.3, -0.25) is 5.01 Å². The Morgan fingerprint density at radius 3 is 2.36 bits per heavy atom. The highest BCUT2D eigenvalue weighted by atomic mass is 15.5. The van der Waals surface area contributed by atoms with E-state index in [1.807, 2.05) is 6.07 Å². The van der Waals surface area contributed by atoms with Crippen LogP contribution in [0.2, 0.25) is 0 Å². The van der Waals surface area contributed by atoms with E-state index in [-0.39, 0.29) is 0 Å². The number of hydrogen-bond donors (Lipinski definition) is 0. The topological polar surface area (TPSA) is 15.6 Å². The molecule has 0 unspecified atom stereocenters. The summed E-state index contributed by atoms with van der Waals surface area (Å²) in [5.41, 5.74) is 3.53. The van der Waals surface area contributed by atoms with E-state index < -0.39 is 0 Å². The summed E-state index contributed by atoms with van der Waals surface area (Å²) >= 11 is 0. The number of anilines is 1. The van der Waals surface area contributed by atoms with Crippen molar-refractivity contribution in [3.63, 3.8) is 0 Å². The number of para-hydroxylation sites is 1. The van der Waals surface area contributed by atoms with Crippen LogP contribution in [0.15, 0.2) is 90.1 Å². The molecule has 0 saturated carbocycles. The maximum absolute atomic E-state index is 4.98. The summed E-state index contributed by atoms with van der Waals surface area (Å²) in [5, 5.41) is 7.17. The fourth-order valence-corrected chi connectivity index (χ4v) is 3.23. The van der Waals surface area contributed by atoms with Crippen LogP contribution >= 0.6 is 0 Å². The predicted molar refractivity (Wildman–Crippen MR) is 92.1 cm³/mol. The molecule has 2 nitrogen and oxygen atoms in total. The standard InChI is InChI=1S/C20H18N2/c1-4-10-16(11-5-1)20-18-14-8-3-9-15-19(18)22(21-20)17-12-6-2-7-13-17/h1-14,18-19H,15H2/t18-,19+/m0/s1. The minimum atomic E-state index is 0.331. The monoisotopic (exact) mass is 286 g/mol. The van der Waals surface area contributed by atoms with Crippen LogP contribution in [-0.4, -0.2) is 11.8 Å². The normalized spacial score (nSPS) is 23.1. The van der Waals surface area contributed by atoms with Gasteiger partial charge in [0.1, 0.15) is 0 Å². The van der Waals surface area contributed by atoms with Gasteiger partial charge in [-0.1, -0.05) is 72.8 Å². The molecule has 0 bridgehead atoms. The summed E-state index contributed by atoms with van der Waals surface area (Å²) in [6.45, 7) is 0. The van der Waals surface area contributed by atoms with Gasteiger partial charge in [0.15, 0.2) is 0 Å². The summed E-state index contributed by atoms with van der Waals surface area (Å²) in [5.74, 6) is 0.331. The fraction of sp³-hybridized carbons (Fsp3) is 0.150. The molecular formula is C20H18N2. The molecule has 0 spiro atoms. The second-order valence-electron chi connectivity index (χ2n) is 5.67.